The molecule has 3 aromatic heterocycles. The van der Waals surface area contributed by atoms with Crippen LogP contribution in [0.5, 0.6) is 0 Å². The zero-order chi connectivity index (χ0) is 22.0. The van der Waals surface area contributed by atoms with Crippen LogP contribution in [0.1, 0.15) is 36.3 Å². The number of carbonyl (C=O) groups excluding carboxylic acids is 1. The Hall–Kier alpha value is -3.81. The van der Waals surface area contributed by atoms with E-state index < -0.39 is 6.04 Å². The molecule has 158 valence electrons. The minimum absolute atomic E-state index is 0.257. The summed E-state index contributed by atoms with van der Waals surface area (Å²) in [4.78, 5) is 30.3. The maximum Gasteiger partial charge on any atom is 0.278 e. The number of nitrogens with one attached hydrogen (secondary N) is 1. The third-order valence-corrected chi connectivity index (χ3v) is 5.31. The van der Waals surface area contributed by atoms with E-state index in [0.29, 0.717) is 29.6 Å². The number of aryl methyl sites for hydroxylation is 2. The molecule has 1 N–H and O–H groups in total. The van der Waals surface area contributed by atoms with Crippen molar-refractivity contribution < 1.29 is 4.79 Å². The average Bonchev–Trinajstić information content (AvgIpc) is 3.15. The Morgan fingerprint density at radius 1 is 1.10 bits per heavy atom. The number of nitrogens with zero attached hydrogens (tertiary/aromatic N) is 5. The van der Waals surface area contributed by atoms with Crippen molar-refractivity contribution in [3.63, 3.8) is 0 Å². The molecule has 3 heterocycles. The smallest absolute Gasteiger partial charge is 0.278 e. The Morgan fingerprint density at radius 2 is 1.87 bits per heavy atom. The number of hydrogen-bond acceptors (Lipinski definition) is 5. The summed E-state index contributed by atoms with van der Waals surface area (Å²) in [5.41, 5.74) is 3.30. The lowest BCUT2D eigenvalue weighted by Gasteiger charge is -2.17. The number of para-hydroxylation sites is 1. The van der Waals surface area contributed by atoms with E-state index in [4.69, 9.17) is 0 Å². The fourth-order valence-electron chi connectivity index (χ4n) is 3.69. The summed E-state index contributed by atoms with van der Waals surface area (Å²) in [6, 6.07) is 12.6. The van der Waals surface area contributed by atoms with Gasteiger partial charge in [-0.25, -0.2) is 9.36 Å². The van der Waals surface area contributed by atoms with E-state index in [1.807, 2.05) is 56.3 Å². The van der Waals surface area contributed by atoms with Gasteiger partial charge < -0.3 is 5.32 Å². The van der Waals surface area contributed by atoms with Crippen molar-refractivity contribution >= 4 is 16.8 Å². The summed E-state index contributed by atoms with van der Waals surface area (Å²) >= 11 is 0. The van der Waals surface area contributed by atoms with E-state index in [0.717, 1.165) is 16.9 Å². The monoisotopic (exact) mass is 416 g/mol. The second-order valence-corrected chi connectivity index (χ2v) is 7.39. The summed E-state index contributed by atoms with van der Waals surface area (Å²) in [5.74, 6) is -0.257. The van der Waals surface area contributed by atoms with Gasteiger partial charge in [0.05, 0.1) is 22.5 Å². The van der Waals surface area contributed by atoms with E-state index >= 15 is 0 Å². The van der Waals surface area contributed by atoms with Gasteiger partial charge in [-0.1, -0.05) is 31.2 Å². The number of benzene rings is 1. The van der Waals surface area contributed by atoms with E-state index in [-0.39, 0.29) is 11.5 Å². The van der Waals surface area contributed by atoms with Gasteiger partial charge in [-0.2, -0.15) is 10.2 Å². The zero-order valence-electron chi connectivity index (χ0n) is 17.7. The average molecular weight is 416 g/mol. The van der Waals surface area contributed by atoms with E-state index in [2.05, 4.69) is 20.5 Å². The fraction of sp³-hybridized carbons (Fsp3) is 0.261. The van der Waals surface area contributed by atoms with Gasteiger partial charge in [0.2, 0.25) is 5.91 Å². The number of rotatable bonds is 6. The first kappa shape index (κ1) is 20.5. The fourth-order valence-corrected chi connectivity index (χ4v) is 3.69. The normalized spacial score (nSPS) is 12.1. The van der Waals surface area contributed by atoms with E-state index in [1.165, 1.54) is 4.68 Å². The molecule has 8 heteroatoms. The molecule has 1 atom stereocenters. The highest BCUT2D eigenvalue weighted by Crippen LogP contribution is 2.21. The molecule has 31 heavy (non-hydrogen) atoms. The first-order chi connectivity index (χ1) is 15.0. The zero-order valence-corrected chi connectivity index (χ0v) is 17.7. The third kappa shape index (κ3) is 3.84. The molecular formula is C23H24N6O2. The third-order valence-electron chi connectivity index (χ3n) is 5.31. The van der Waals surface area contributed by atoms with Gasteiger partial charge in [-0.15, -0.1) is 0 Å². The van der Waals surface area contributed by atoms with Gasteiger partial charge in [0.15, 0.2) is 0 Å². The van der Waals surface area contributed by atoms with E-state index in [9.17, 15) is 9.59 Å². The van der Waals surface area contributed by atoms with Crippen molar-refractivity contribution in [1.29, 1.82) is 0 Å². The molecule has 0 fully saturated rings. The molecule has 0 spiro atoms. The predicted octanol–water partition coefficient (Wildman–Crippen LogP) is 2.86. The number of fused-ring (bicyclic) bond motifs is 1. The molecule has 0 aliphatic carbocycles. The summed E-state index contributed by atoms with van der Waals surface area (Å²) < 4.78 is 3.04. The Morgan fingerprint density at radius 3 is 2.55 bits per heavy atom. The molecule has 1 amide bonds. The van der Waals surface area contributed by atoms with Crippen LogP contribution >= 0.6 is 0 Å². The van der Waals surface area contributed by atoms with Crippen LogP contribution in [0.3, 0.4) is 0 Å². The predicted molar refractivity (Wildman–Crippen MR) is 118 cm³/mol. The van der Waals surface area contributed by atoms with Gasteiger partial charge >= 0.3 is 0 Å². The van der Waals surface area contributed by atoms with Gasteiger partial charge in [0.25, 0.3) is 5.56 Å². The highest BCUT2D eigenvalue weighted by Gasteiger charge is 2.25. The molecule has 0 saturated heterocycles. The van der Waals surface area contributed by atoms with Gasteiger partial charge in [-0.3, -0.25) is 14.6 Å². The van der Waals surface area contributed by atoms with Gasteiger partial charge in [0.1, 0.15) is 11.6 Å². The lowest BCUT2D eigenvalue weighted by Crippen LogP contribution is -2.38. The van der Waals surface area contributed by atoms with Crippen molar-refractivity contribution in [3.8, 4) is 5.69 Å². The topological polar surface area (TPSA) is 94.7 Å². The molecule has 0 aliphatic rings. The molecule has 0 unspecified atom stereocenters. The Balaban J connectivity index is 1.73. The van der Waals surface area contributed by atoms with E-state index in [1.54, 1.807) is 24.0 Å². The van der Waals surface area contributed by atoms with Gasteiger partial charge in [-0.05, 0) is 44.0 Å². The minimum Gasteiger partial charge on any atom is -0.350 e. The lowest BCUT2D eigenvalue weighted by molar-refractivity contribution is -0.125. The van der Waals surface area contributed by atoms with Crippen LogP contribution in [0.25, 0.3) is 16.6 Å². The van der Waals surface area contributed by atoms with Crippen molar-refractivity contribution in [2.45, 2.75) is 39.8 Å². The van der Waals surface area contributed by atoms with Crippen LogP contribution in [0, 0.1) is 13.8 Å². The maximum atomic E-state index is 13.4. The molecule has 1 aromatic carbocycles. The highest BCUT2D eigenvalue weighted by molar-refractivity contribution is 5.84. The quantitative estimate of drug-likeness (QED) is 0.522. The summed E-state index contributed by atoms with van der Waals surface area (Å²) in [7, 11) is 0. The molecule has 0 saturated carbocycles. The van der Waals surface area contributed by atoms with Crippen LogP contribution in [0.4, 0.5) is 0 Å². The summed E-state index contributed by atoms with van der Waals surface area (Å²) in [5, 5.41) is 12.4. The molecule has 0 radical (unpaired) electrons. The maximum absolute atomic E-state index is 13.4. The van der Waals surface area contributed by atoms with Crippen LogP contribution < -0.4 is 10.9 Å². The number of hydrogen-bond donors (Lipinski definition) is 1. The molecule has 4 rings (SSSR count). The van der Waals surface area contributed by atoms with Crippen LogP contribution in [-0.2, 0) is 11.3 Å². The number of carbonyl (C=O) groups is 1. The highest BCUT2D eigenvalue weighted by atomic mass is 16.2. The SMILES string of the molecule is CC[C@H](C(=O)NCc1cccnc1)n1nc(C)c2nn(-c3ccccc3)c(C)c2c1=O. The molecule has 0 bridgehead atoms. The molecule has 0 aliphatic heterocycles. The van der Waals surface area contributed by atoms with Crippen molar-refractivity contribution in [1.82, 2.24) is 29.9 Å². The Kier molecular flexibility index (Phi) is 5.62. The summed E-state index contributed by atoms with van der Waals surface area (Å²) in [6.45, 7) is 5.86. The number of amides is 1. The van der Waals surface area contributed by atoms with Crippen molar-refractivity contribution in [3.05, 3.63) is 82.2 Å². The first-order valence-corrected chi connectivity index (χ1v) is 10.2. The Labute approximate surface area is 179 Å². The van der Waals surface area contributed by atoms with Crippen molar-refractivity contribution in [2.24, 2.45) is 0 Å². The Bertz CT molecular complexity index is 1280. The minimum atomic E-state index is -0.716. The van der Waals surface area contributed by atoms with Crippen molar-refractivity contribution in [2.75, 3.05) is 0 Å². The summed E-state index contributed by atoms with van der Waals surface area (Å²) in [6.07, 6.45) is 3.81. The second kappa shape index (κ2) is 8.51. The molecular weight excluding hydrogens is 392 g/mol. The molecule has 4 aromatic rings. The van der Waals surface area contributed by atoms with Crippen LogP contribution in [0.2, 0.25) is 0 Å². The lowest BCUT2D eigenvalue weighted by atomic mass is 10.2. The largest absolute Gasteiger partial charge is 0.350 e. The van der Waals surface area contributed by atoms with Crippen LogP contribution in [-0.4, -0.2) is 30.5 Å². The van der Waals surface area contributed by atoms with Crippen LogP contribution in [0.15, 0.2) is 59.7 Å². The van der Waals surface area contributed by atoms with Gasteiger partial charge in [0, 0.05) is 18.9 Å². The number of pyridine rings is 1. The molecule has 8 nitrogen and oxygen atoms in total. The number of aromatic nitrogens is 5. The second-order valence-electron chi connectivity index (χ2n) is 7.39. The standard InChI is InChI=1S/C23H24N6O2/c1-4-19(22(30)25-14-17-9-8-12-24-13-17)29-23(31)20-16(3)28(18-10-6-5-7-11-18)27-21(20)15(2)26-29/h5-13,19H,4,14H2,1-3H3,(H,25,30)/t19-/m1/s1. The first-order valence-electron chi connectivity index (χ1n) is 10.2.